The van der Waals surface area contributed by atoms with Crippen molar-refractivity contribution in [2.24, 2.45) is 0 Å². The standard InChI is InChI=1S/C23H36O6.C15H14O6/c1-2-3-4-5-6-7-8-9-10-11-12-13-14-15-21(26)29-23(28)18-16-19(24)22(27)20(25)17-18;16-8-4-11(18)9-6-13(20)15(21-14(9)5-8)7-1-2-10(17)12(19)3-7/h16-17,24-25,27H,2-15H2,1H3;1-5,13,15-20H,6H2/t;13-,15+/m.0/s1. The highest BCUT2D eigenvalue weighted by atomic mass is 16.6. The number of rotatable bonds is 16. The van der Waals surface area contributed by atoms with E-state index in [4.69, 9.17) is 9.47 Å². The Hall–Kier alpha value is -4.84. The van der Waals surface area contributed by atoms with Crippen LogP contribution in [0.2, 0.25) is 0 Å². The lowest BCUT2D eigenvalue weighted by molar-refractivity contribution is -0.138. The third-order valence-electron chi connectivity index (χ3n) is 8.51. The maximum Gasteiger partial charge on any atom is 0.346 e. The van der Waals surface area contributed by atoms with Crippen molar-refractivity contribution in [1.82, 2.24) is 0 Å². The van der Waals surface area contributed by atoms with Gasteiger partial charge in [0.1, 0.15) is 23.4 Å². The largest absolute Gasteiger partial charge is 0.508 e. The molecule has 0 saturated carbocycles. The van der Waals surface area contributed by atoms with Gasteiger partial charge in [-0.05, 0) is 36.2 Å². The van der Waals surface area contributed by atoms with Gasteiger partial charge in [-0.2, -0.15) is 0 Å². The van der Waals surface area contributed by atoms with E-state index in [1.54, 1.807) is 0 Å². The van der Waals surface area contributed by atoms with Crippen LogP contribution >= 0.6 is 0 Å². The maximum absolute atomic E-state index is 11.9. The molecule has 0 aliphatic carbocycles. The quantitative estimate of drug-likeness (QED) is 0.0316. The first-order chi connectivity index (χ1) is 23.9. The van der Waals surface area contributed by atoms with Gasteiger partial charge >= 0.3 is 11.9 Å². The van der Waals surface area contributed by atoms with Crippen molar-refractivity contribution >= 4 is 11.9 Å². The van der Waals surface area contributed by atoms with Crippen LogP contribution in [-0.2, 0) is 16.0 Å². The lowest BCUT2D eigenvalue weighted by Gasteiger charge is -2.31. The lowest BCUT2D eigenvalue weighted by atomic mass is 9.94. The Bertz CT molecular complexity index is 1530. The van der Waals surface area contributed by atoms with Crippen LogP contribution in [0.4, 0.5) is 0 Å². The Balaban J connectivity index is 0.000000283. The van der Waals surface area contributed by atoms with Gasteiger partial charge in [0.15, 0.2) is 28.7 Å². The van der Waals surface area contributed by atoms with E-state index in [-0.39, 0.29) is 47.2 Å². The molecule has 1 aliphatic rings. The fourth-order valence-electron chi connectivity index (χ4n) is 5.69. The molecule has 3 aromatic carbocycles. The Morgan fingerprint density at radius 2 is 1.24 bits per heavy atom. The minimum absolute atomic E-state index is 0.143. The molecule has 0 radical (unpaired) electrons. The van der Waals surface area contributed by atoms with Crippen molar-refractivity contribution in [2.45, 2.75) is 115 Å². The van der Waals surface area contributed by atoms with E-state index in [2.05, 4.69) is 6.92 Å². The predicted molar refractivity (Wildman–Crippen MR) is 185 cm³/mol. The van der Waals surface area contributed by atoms with E-state index in [9.17, 15) is 50.4 Å². The van der Waals surface area contributed by atoms with E-state index >= 15 is 0 Å². The molecule has 0 aromatic heterocycles. The van der Waals surface area contributed by atoms with E-state index in [0.717, 1.165) is 31.4 Å². The van der Waals surface area contributed by atoms with Gasteiger partial charge in [0.05, 0.1) is 11.7 Å². The van der Waals surface area contributed by atoms with Crippen LogP contribution in [0.15, 0.2) is 42.5 Å². The molecule has 12 nitrogen and oxygen atoms in total. The Kier molecular flexibility index (Phi) is 15.8. The first-order valence-electron chi connectivity index (χ1n) is 17.3. The summed E-state index contributed by atoms with van der Waals surface area (Å²) in [5, 5.41) is 76.4. The number of carbonyl (C=O) groups is 2. The Morgan fingerprint density at radius 1 is 0.680 bits per heavy atom. The topological polar surface area (TPSA) is 214 Å². The monoisotopic (exact) mass is 698 g/mol. The number of carbonyl (C=O) groups excluding carboxylic acids is 2. The fraction of sp³-hybridized carbons (Fsp3) is 0.474. The van der Waals surface area contributed by atoms with Crippen LogP contribution in [0, 0.1) is 0 Å². The number of ether oxygens (including phenoxy) is 2. The third kappa shape index (κ3) is 12.2. The smallest absolute Gasteiger partial charge is 0.346 e. The Morgan fingerprint density at radius 3 is 1.80 bits per heavy atom. The number of aromatic hydroxyl groups is 7. The highest BCUT2D eigenvalue weighted by Gasteiger charge is 2.32. The van der Waals surface area contributed by atoms with Gasteiger partial charge in [-0.3, -0.25) is 4.79 Å². The summed E-state index contributed by atoms with van der Waals surface area (Å²) in [5.74, 6) is -4.21. The number of hydrogen-bond donors (Lipinski definition) is 8. The van der Waals surface area contributed by atoms with Crippen LogP contribution in [0.3, 0.4) is 0 Å². The SMILES string of the molecule is CCCCCCCCCCCCCCCC(=O)OC(=O)c1cc(O)c(O)c(O)c1.Oc1cc(O)c2c(c1)O[C@H](c1ccc(O)c(O)c1)[C@@H](O)C2. The minimum atomic E-state index is -0.963. The molecule has 1 heterocycles. The second kappa shape index (κ2) is 20.0. The highest BCUT2D eigenvalue weighted by Crippen LogP contribution is 2.43. The number of phenolic OH excluding ortho intramolecular Hbond substituents is 7. The van der Waals surface area contributed by atoms with E-state index in [1.165, 1.54) is 88.1 Å². The maximum atomic E-state index is 11.9. The third-order valence-corrected chi connectivity index (χ3v) is 8.51. The number of fused-ring (bicyclic) bond motifs is 1. The van der Waals surface area contributed by atoms with Gasteiger partial charge in [-0.15, -0.1) is 0 Å². The van der Waals surface area contributed by atoms with Crippen LogP contribution in [0.5, 0.6) is 46.0 Å². The van der Waals surface area contributed by atoms with Crippen molar-refractivity contribution in [2.75, 3.05) is 0 Å². The summed E-state index contributed by atoms with van der Waals surface area (Å²) in [4.78, 5) is 23.6. The van der Waals surface area contributed by atoms with Gasteiger partial charge < -0.3 is 50.3 Å². The second-order valence-corrected chi connectivity index (χ2v) is 12.6. The van der Waals surface area contributed by atoms with Gasteiger partial charge in [-0.25, -0.2) is 4.79 Å². The summed E-state index contributed by atoms with van der Waals surface area (Å²) < 4.78 is 10.3. The zero-order valence-electron chi connectivity index (χ0n) is 28.5. The molecule has 0 bridgehead atoms. The molecule has 1 aliphatic heterocycles. The number of unbranched alkanes of at least 4 members (excludes halogenated alkanes) is 12. The van der Waals surface area contributed by atoms with E-state index in [1.807, 2.05) is 0 Å². The second-order valence-electron chi connectivity index (χ2n) is 12.6. The van der Waals surface area contributed by atoms with Crippen LogP contribution < -0.4 is 4.74 Å². The van der Waals surface area contributed by atoms with Crippen molar-refractivity contribution in [3.8, 4) is 46.0 Å². The van der Waals surface area contributed by atoms with Gasteiger partial charge in [0.2, 0.25) is 0 Å². The normalized spacial score (nSPS) is 14.9. The van der Waals surface area contributed by atoms with Gasteiger partial charge in [0, 0.05) is 30.5 Å². The van der Waals surface area contributed by atoms with Gasteiger partial charge in [0.25, 0.3) is 0 Å². The minimum Gasteiger partial charge on any atom is -0.508 e. The number of phenols is 7. The number of esters is 2. The number of aliphatic hydroxyl groups is 1. The number of hydrogen-bond acceptors (Lipinski definition) is 12. The molecule has 0 saturated heterocycles. The van der Waals surface area contributed by atoms with Crippen molar-refractivity contribution in [3.63, 3.8) is 0 Å². The van der Waals surface area contributed by atoms with Gasteiger partial charge in [-0.1, -0.05) is 90.0 Å². The Labute approximate surface area is 292 Å². The van der Waals surface area contributed by atoms with Crippen LogP contribution in [-0.4, -0.2) is 58.9 Å². The number of aliphatic hydroxyl groups excluding tert-OH is 1. The average Bonchev–Trinajstić information content (AvgIpc) is 3.07. The van der Waals surface area contributed by atoms with Crippen LogP contribution in [0.25, 0.3) is 0 Å². The lowest BCUT2D eigenvalue weighted by Crippen LogP contribution is -2.30. The summed E-state index contributed by atoms with van der Waals surface area (Å²) in [6.45, 7) is 2.24. The van der Waals surface area contributed by atoms with Crippen molar-refractivity contribution in [3.05, 3.63) is 59.2 Å². The molecule has 0 spiro atoms. The van der Waals surface area contributed by atoms with E-state index in [0.29, 0.717) is 17.5 Å². The first kappa shape index (κ1) is 39.6. The zero-order valence-corrected chi connectivity index (χ0v) is 28.5. The molecule has 2 atom stereocenters. The molecule has 4 rings (SSSR count). The molecule has 0 amide bonds. The summed E-state index contributed by atoms with van der Waals surface area (Å²) >= 11 is 0. The summed E-state index contributed by atoms with van der Waals surface area (Å²) in [6, 6.07) is 8.55. The molecule has 8 N–H and O–H groups in total. The first-order valence-corrected chi connectivity index (χ1v) is 17.3. The zero-order chi connectivity index (χ0) is 36.6. The summed E-state index contributed by atoms with van der Waals surface area (Å²) in [7, 11) is 0. The van der Waals surface area contributed by atoms with Crippen molar-refractivity contribution in [1.29, 1.82) is 0 Å². The highest BCUT2D eigenvalue weighted by molar-refractivity contribution is 5.97. The van der Waals surface area contributed by atoms with Crippen LogP contribution in [0.1, 0.15) is 124 Å². The molecule has 0 fully saturated rings. The summed E-state index contributed by atoms with van der Waals surface area (Å²) in [5.41, 5.74) is 0.697. The molecule has 0 unspecified atom stereocenters. The summed E-state index contributed by atoms with van der Waals surface area (Å²) in [6.07, 6.45) is 14.3. The van der Waals surface area contributed by atoms with E-state index < -0.39 is 41.4 Å². The molecule has 50 heavy (non-hydrogen) atoms. The molecular weight excluding hydrogens is 648 g/mol. The molecule has 12 heteroatoms. The number of benzene rings is 3. The predicted octanol–water partition coefficient (Wildman–Crippen LogP) is 7.51. The molecule has 3 aromatic rings. The fourth-order valence-corrected chi connectivity index (χ4v) is 5.69. The molecular formula is C38H50O12. The molecule has 274 valence electrons. The average molecular weight is 699 g/mol. The van der Waals surface area contributed by atoms with Crippen molar-refractivity contribution < 1.29 is 59.9 Å².